The molecule has 0 saturated heterocycles. The molecular weight excluding hydrogens is 337 g/mol. The van der Waals surface area contributed by atoms with Gasteiger partial charge >= 0.3 is 5.97 Å². The van der Waals surface area contributed by atoms with Crippen molar-refractivity contribution in [2.75, 3.05) is 0 Å². The van der Waals surface area contributed by atoms with Crippen molar-refractivity contribution in [1.29, 1.82) is 0 Å². The first kappa shape index (κ1) is 13.8. The molecule has 0 unspecified atom stereocenters. The van der Waals surface area contributed by atoms with Gasteiger partial charge in [0.05, 0.1) is 5.56 Å². The van der Waals surface area contributed by atoms with E-state index in [9.17, 15) is 9.18 Å². The standard InChI is InChI=1S/C16H11BrFNO2/c17-14-8-11(16(20)21)1-2-12(14)9-19-6-5-10-7-13(18)3-4-15(10)19/h1-8H,9H2,(H,20,21). The number of halogens is 2. The molecule has 5 heteroatoms. The zero-order valence-electron chi connectivity index (χ0n) is 10.9. The molecule has 0 amide bonds. The zero-order chi connectivity index (χ0) is 15.0. The summed E-state index contributed by atoms with van der Waals surface area (Å²) in [5, 5.41) is 9.80. The van der Waals surface area contributed by atoms with Crippen LogP contribution in [0.25, 0.3) is 10.9 Å². The Morgan fingerprint density at radius 2 is 2.00 bits per heavy atom. The molecule has 1 aromatic heterocycles. The number of nitrogens with zero attached hydrogens (tertiary/aromatic N) is 1. The minimum atomic E-state index is -0.955. The van der Waals surface area contributed by atoms with Crippen LogP contribution in [0.3, 0.4) is 0 Å². The van der Waals surface area contributed by atoms with E-state index in [2.05, 4.69) is 15.9 Å². The Bertz CT molecular complexity index is 841. The molecule has 0 atom stereocenters. The predicted octanol–water partition coefficient (Wildman–Crippen LogP) is 4.29. The second kappa shape index (κ2) is 5.33. The Kier molecular flexibility index (Phi) is 3.51. The molecule has 0 bridgehead atoms. The molecule has 2 aromatic carbocycles. The molecule has 0 aliphatic heterocycles. The maximum absolute atomic E-state index is 13.2. The summed E-state index contributed by atoms with van der Waals surface area (Å²) in [6, 6.07) is 11.5. The number of aromatic carboxylic acids is 1. The van der Waals surface area contributed by atoms with Crippen LogP contribution in [0.4, 0.5) is 4.39 Å². The molecule has 3 aromatic rings. The van der Waals surface area contributed by atoms with E-state index >= 15 is 0 Å². The summed E-state index contributed by atoms with van der Waals surface area (Å²) < 4.78 is 15.9. The summed E-state index contributed by atoms with van der Waals surface area (Å²) in [7, 11) is 0. The Hall–Kier alpha value is -2.14. The SMILES string of the molecule is O=C(O)c1ccc(Cn2ccc3cc(F)ccc32)c(Br)c1. The van der Waals surface area contributed by atoms with Gasteiger partial charge in [-0.05, 0) is 42.0 Å². The second-order valence-corrected chi connectivity index (χ2v) is 5.61. The monoisotopic (exact) mass is 347 g/mol. The molecule has 0 fully saturated rings. The van der Waals surface area contributed by atoms with E-state index in [0.717, 1.165) is 20.9 Å². The van der Waals surface area contributed by atoms with E-state index in [-0.39, 0.29) is 11.4 Å². The topological polar surface area (TPSA) is 42.2 Å². The molecule has 0 aliphatic carbocycles. The molecule has 106 valence electrons. The molecule has 3 nitrogen and oxygen atoms in total. The Balaban J connectivity index is 1.97. The van der Waals surface area contributed by atoms with Crippen LogP contribution in [-0.2, 0) is 6.54 Å². The van der Waals surface area contributed by atoms with Gasteiger partial charge in [-0.2, -0.15) is 0 Å². The van der Waals surface area contributed by atoms with Crippen LogP contribution in [0.15, 0.2) is 53.1 Å². The highest BCUT2D eigenvalue weighted by Gasteiger charge is 2.09. The maximum atomic E-state index is 13.2. The minimum absolute atomic E-state index is 0.241. The number of hydrogen-bond acceptors (Lipinski definition) is 1. The molecule has 1 heterocycles. The smallest absolute Gasteiger partial charge is 0.335 e. The average Bonchev–Trinajstić information content (AvgIpc) is 2.83. The average molecular weight is 348 g/mol. The number of carbonyl (C=O) groups is 1. The molecule has 0 aliphatic rings. The first-order valence-corrected chi connectivity index (χ1v) is 7.10. The van der Waals surface area contributed by atoms with Crippen LogP contribution in [0.2, 0.25) is 0 Å². The quantitative estimate of drug-likeness (QED) is 0.767. The largest absolute Gasteiger partial charge is 0.478 e. The Labute approximate surface area is 128 Å². The van der Waals surface area contributed by atoms with Crippen molar-refractivity contribution in [3.05, 3.63) is 70.1 Å². The fourth-order valence-electron chi connectivity index (χ4n) is 2.30. The summed E-state index contributed by atoms with van der Waals surface area (Å²) in [5.41, 5.74) is 2.14. The maximum Gasteiger partial charge on any atom is 0.335 e. The summed E-state index contributed by atoms with van der Waals surface area (Å²) >= 11 is 3.40. The molecule has 0 saturated carbocycles. The van der Waals surface area contributed by atoms with Gasteiger partial charge in [-0.25, -0.2) is 9.18 Å². The van der Waals surface area contributed by atoms with Crippen LogP contribution >= 0.6 is 15.9 Å². The van der Waals surface area contributed by atoms with Gasteiger partial charge in [0, 0.05) is 28.1 Å². The van der Waals surface area contributed by atoms with Gasteiger partial charge in [0.1, 0.15) is 5.82 Å². The van der Waals surface area contributed by atoms with E-state index in [0.29, 0.717) is 6.54 Å². The van der Waals surface area contributed by atoms with E-state index in [4.69, 9.17) is 5.11 Å². The van der Waals surface area contributed by atoms with Crippen LogP contribution in [-0.4, -0.2) is 15.6 Å². The first-order valence-electron chi connectivity index (χ1n) is 6.31. The molecule has 21 heavy (non-hydrogen) atoms. The molecule has 0 spiro atoms. The number of carboxylic acid groups (broad SMARTS) is 1. The summed E-state index contributed by atoms with van der Waals surface area (Å²) in [4.78, 5) is 10.9. The molecule has 3 rings (SSSR count). The van der Waals surface area contributed by atoms with Gasteiger partial charge < -0.3 is 9.67 Å². The Morgan fingerprint density at radius 3 is 2.71 bits per heavy atom. The molecule has 0 radical (unpaired) electrons. The van der Waals surface area contributed by atoms with Gasteiger partial charge in [-0.3, -0.25) is 0 Å². The number of hydrogen-bond donors (Lipinski definition) is 1. The Morgan fingerprint density at radius 1 is 1.19 bits per heavy atom. The summed E-state index contributed by atoms with van der Waals surface area (Å²) in [5.74, 6) is -1.21. The lowest BCUT2D eigenvalue weighted by molar-refractivity contribution is 0.0697. The predicted molar refractivity (Wildman–Crippen MR) is 82.1 cm³/mol. The third-order valence-corrected chi connectivity index (χ3v) is 4.11. The number of aromatic nitrogens is 1. The third kappa shape index (κ3) is 2.69. The van der Waals surface area contributed by atoms with Crippen molar-refractivity contribution in [2.45, 2.75) is 6.54 Å². The van der Waals surface area contributed by atoms with Crippen molar-refractivity contribution < 1.29 is 14.3 Å². The van der Waals surface area contributed by atoms with Crippen molar-refractivity contribution in [3.8, 4) is 0 Å². The van der Waals surface area contributed by atoms with E-state index in [1.54, 1.807) is 24.3 Å². The third-order valence-electron chi connectivity index (χ3n) is 3.37. The van der Waals surface area contributed by atoms with Crippen LogP contribution in [0, 0.1) is 5.82 Å². The number of rotatable bonds is 3. The van der Waals surface area contributed by atoms with Gasteiger partial charge in [-0.1, -0.05) is 22.0 Å². The lowest BCUT2D eigenvalue weighted by Gasteiger charge is -2.09. The van der Waals surface area contributed by atoms with Gasteiger partial charge in [0.15, 0.2) is 0 Å². The normalized spacial score (nSPS) is 11.0. The number of benzene rings is 2. The van der Waals surface area contributed by atoms with Gasteiger partial charge in [0.2, 0.25) is 0 Å². The van der Waals surface area contributed by atoms with Crippen molar-refractivity contribution in [1.82, 2.24) is 4.57 Å². The zero-order valence-corrected chi connectivity index (χ0v) is 12.5. The van der Waals surface area contributed by atoms with E-state index < -0.39 is 5.97 Å². The van der Waals surface area contributed by atoms with Crippen molar-refractivity contribution in [2.24, 2.45) is 0 Å². The first-order chi connectivity index (χ1) is 10.0. The summed E-state index contributed by atoms with van der Waals surface area (Å²) in [6.45, 7) is 0.579. The number of carboxylic acids is 1. The highest BCUT2D eigenvalue weighted by atomic mass is 79.9. The van der Waals surface area contributed by atoms with Crippen molar-refractivity contribution in [3.63, 3.8) is 0 Å². The lowest BCUT2D eigenvalue weighted by Crippen LogP contribution is -2.01. The fraction of sp³-hybridized carbons (Fsp3) is 0.0625. The van der Waals surface area contributed by atoms with Gasteiger partial charge in [-0.15, -0.1) is 0 Å². The van der Waals surface area contributed by atoms with Crippen LogP contribution < -0.4 is 0 Å². The summed E-state index contributed by atoms with van der Waals surface area (Å²) in [6.07, 6.45) is 1.89. The lowest BCUT2D eigenvalue weighted by atomic mass is 10.1. The van der Waals surface area contributed by atoms with E-state index in [1.807, 2.05) is 16.8 Å². The molecule has 1 N–H and O–H groups in total. The van der Waals surface area contributed by atoms with Crippen LogP contribution in [0.5, 0.6) is 0 Å². The molecular formula is C16H11BrFNO2. The van der Waals surface area contributed by atoms with Crippen molar-refractivity contribution >= 4 is 32.8 Å². The number of fused-ring (bicyclic) bond motifs is 1. The second-order valence-electron chi connectivity index (χ2n) is 4.76. The fourth-order valence-corrected chi connectivity index (χ4v) is 2.81. The highest BCUT2D eigenvalue weighted by molar-refractivity contribution is 9.10. The van der Waals surface area contributed by atoms with Gasteiger partial charge in [0.25, 0.3) is 0 Å². The van der Waals surface area contributed by atoms with E-state index in [1.165, 1.54) is 12.1 Å². The highest BCUT2D eigenvalue weighted by Crippen LogP contribution is 2.23. The minimum Gasteiger partial charge on any atom is -0.478 e. The van der Waals surface area contributed by atoms with Crippen LogP contribution in [0.1, 0.15) is 15.9 Å².